The van der Waals surface area contributed by atoms with Gasteiger partial charge < -0.3 is 10.6 Å². The number of rotatable bonds is 5. The van der Waals surface area contributed by atoms with Crippen molar-refractivity contribution in [2.45, 2.75) is 6.92 Å². The molecule has 0 radical (unpaired) electrons. The second-order valence-corrected chi connectivity index (χ2v) is 6.41. The molecular weight excluding hydrogens is 400 g/mol. The second kappa shape index (κ2) is 7.87. The van der Waals surface area contributed by atoms with E-state index in [1.54, 1.807) is 30.3 Å². The maximum absolute atomic E-state index is 12.3. The Morgan fingerprint density at radius 2 is 2.04 bits per heavy atom. The van der Waals surface area contributed by atoms with Crippen molar-refractivity contribution < 1.29 is 9.59 Å². The van der Waals surface area contributed by atoms with Crippen LogP contribution in [0, 0.1) is 6.92 Å². The lowest BCUT2D eigenvalue weighted by atomic mass is 10.2. The number of tetrazole rings is 1. The van der Waals surface area contributed by atoms with Gasteiger partial charge in [-0.2, -0.15) is 0 Å². The standard InChI is InChI=1S/C17H15BrN6O2/c1-11-7-13(18)5-6-15(11)21-16(25)9-19-17(26)12-3-2-4-14(8-12)24-10-20-22-23-24/h2-8,10H,9H2,1H3,(H,19,26)(H,21,25). The van der Waals surface area contributed by atoms with Crippen LogP contribution in [0.3, 0.4) is 0 Å². The number of amides is 2. The van der Waals surface area contributed by atoms with Gasteiger partial charge in [-0.05, 0) is 59.3 Å². The van der Waals surface area contributed by atoms with Gasteiger partial charge in [0.15, 0.2) is 0 Å². The maximum Gasteiger partial charge on any atom is 0.251 e. The van der Waals surface area contributed by atoms with Gasteiger partial charge in [0.1, 0.15) is 6.33 Å². The number of carbonyl (C=O) groups is 2. The SMILES string of the molecule is Cc1cc(Br)ccc1NC(=O)CNC(=O)c1cccc(-n2cnnn2)c1. The molecule has 0 spiro atoms. The van der Waals surface area contributed by atoms with Crippen molar-refractivity contribution in [2.75, 3.05) is 11.9 Å². The van der Waals surface area contributed by atoms with Crippen LogP contribution in [-0.4, -0.2) is 38.6 Å². The van der Waals surface area contributed by atoms with Crippen molar-refractivity contribution in [3.8, 4) is 5.69 Å². The van der Waals surface area contributed by atoms with Crippen LogP contribution < -0.4 is 10.6 Å². The highest BCUT2D eigenvalue weighted by atomic mass is 79.9. The lowest BCUT2D eigenvalue weighted by Crippen LogP contribution is -2.33. The summed E-state index contributed by atoms with van der Waals surface area (Å²) < 4.78 is 2.38. The van der Waals surface area contributed by atoms with Crippen LogP contribution in [0.2, 0.25) is 0 Å². The molecule has 2 amide bonds. The molecular formula is C17H15BrN6O2. The molecule has 2 N–H and O–H groups in total. The molecule has 0 saturated carbocycles. The van der Waals surface area contributed by atoms with Crippen LogP contribution in [0.25, 0.3) is 5.69 Å². The van der Waals surface area contributed by atoms with Crippen molar-refractivity contribution in [3.05, 3.63) is 64.4 Å². The Morgan fingerprint density at radius 1 is 1.19 bits per heavy atom. The first-order valence-corrected chi connectivity index (χ1v) is 8.50. The van der Waals surface area contributed by atoms with Crippen molar-refractivity contribution in [1.29, 1.82) is 0 Å². The number of anilines is 1. The third kappa shape index (κ3) is 4.31. The molecule has 3 rings (SSSR count). The minimum atomic E-state index is -0.359. The van der Waals surface area contributed by atoms with E-state index in [2.05, 4.69) is 42.1 Å². The molecule has 0 aliphatic rings. The monoisotopic (exact) mass is 414 g/mol. The molecule has 0 unspecified atom stereocenters. The van der Waals surface area contributed by atoms with Gasteiger partial charge in [0.2, 0.25) is 5.91 Å². The highest BCUT2D eigenvalue weighted by Gasteiger charge is 2.10. The first kappa shape index (κ1) is 17.7. The van der Waals surface area contributed by atoms with Crippen molar-refractivity contribution in [3.63, 3.8) is 0 Å². The van der Waals surface area contributed by atoms with Gasteiger partial charge in [0, 0.05) is 15.7 Å². The lowest BCUT2D eigenvalue weighted by molar-refractivity contribution is -0.115. The average molecular weight is 415 g/mol. The zero-order chi connectivity index (χ0) is 18.5. The molecule has 0 fully saturated rings. The maximum atomic E-state index is 12.3. The number of benzene rings is 2. The molecule has 1 aromatic heterocycles. The number of carbonyl (C=O) groups excluding carboxylic acids is 2. The van der Waals surface area contributed by atoms with E-state index >= 15 is 0 Å². The smallest absolute Gasteiger partial charge is 0.251 e. The zero-order valence-electron chi connectivity index (χ0n) is 13.8. The summed E-state index contributed by atoms with van der Waals surface area (Å²) in [7, 11) is 0. The highest BCUT2D eigenvalue weighted by molar-refractivity contribution is 9.10. The molecule has 3 aromatic rings. The Bertz CT molecular complexity index is 942. The summed E-state index contributed by atoms with van der Waals surface area (Å²) in [6.45, 7) is 1.76. The Labute approximate surface area is 157 Å². The van der Waals surface area contributed by atoms with E-state index in [1.165, 1.54) is 11.0 Å². The van der Waals surface area contributed by atoms with Crippen molar-refractivity contribution in [2.24, 2.45) is 0 Å². The quantitative estimate of drug-likeness (QED) is 0.665. The normalized spacial score (nSPS) is 10.4. The van der Waals surface area contributed by atoms with E-state index in [1.807, 2.05) is 19.1 Å². The molecule has 26 heavy (non-hydrogen) atoms. The van der Waals surface area contributed by atoms with Crippen LogP contribution in [0.4, 0.5) is 5.69 Å². The van der Waals surface area contributed by atoms with E-state index in [9.17, 15) is 9.59 Å². The van der Waals surface area contributed by atoms with Gasteiger partial charge in [-0.1, -0.05) is 22.0 Å². The van der Waals surface area contributed by atoms with Gasteiger partial charge in [-0.3, -0.25) is 9.59 Å². The Hall–Kier alpha value is -3.07. The van der Waals surface area contributed by atoms with Crippen LogP contribution in [-0.2, 0) is 4.79 Å². The topological polar surface area (TPSA) is 102 Å². The first-order chi connectivity index (χ1) is 12.5. The van der Waals surface area contributed by atoms with Gasteiger partial charge >= 0.3 is 0 Å². The van der Waals surface area contributed by atoms with Gasteiger partial charge in [-0.15, -0.1) is 5.10 Å². The molecule has 0 bridgehead atoms. The van der Waals surface area contributed by atoms with Crippen LogP contribution in [0.5, 0.6) is 0 Å². The van der Waals surface area contributed by atoms with Crippen LogP contribution in [0.1, 0.15) is 15.9 Å². The summed E-state index contributed by atoms with van der Waals surface area (Å²) in [4.78, 5) is 24.3. The predicted octanol–water partition coefficient (Wildman–Crippen LogP) is 2.10. The Balaban J connectivity index is 1.60. The lowest BCUT2D eigenvalue weighted by Gasteiger charge is -2.10. The minimum absolute atomic E-state index is 0.135. The number of nitrogens with zero attached hydrogens (tertiary/aromatic N) is 4. The van der Waals surface area contributed by atoms with E-state index in [0.717, 1.165) is 10.0 Å². The fourth-order valence-electron chi connectivity index (χ4n) is 2.29. The molecule has 132 valence electrons. The van der Waals surface area contributed by atoms with Gasteiger partial charge in [-0.25, -0.2) is 4.68 Å². The molecule has 9 heteroatoms. The summed E-state index contributed by atoms with van der Waals surface area (Å²) in [5, 5.41) is 16.3. The summed E-state index contributed by atoms with van der Waals surface area (Å²) in [6.07, 6.45) is 1.44. The van der Waals surface area contributed by atoms with E-state index in [4.69, 9.17) is 0 Å². The minimum Gasteiger partial charge on any atom is -0.343 e. The summed E-state index contributed by atoms with van der Waals surface area (Å²) in [5.41, 5.74) is 2.68. The third-order valence-electron chi connectivity index (χ3n) is 3.59. The predicted molar refractivity (Wildman–Crippen MR) is 99.0 cm³/mol. The highest BCUT2D eigenvalue weighted by Crippen LogP contribution is 2.19. The molecule has 8 nitrogen and oxygen atoms in total. The number of hydrogen-bond donors (Lipinski definition) is 2. The van der Waals surface area contributed by atoms with Gasteiger partial charge in [0.25, 0.3) is 5.91 Å². The van der Waals surface area contributed by atoms with Crippen LogP contribution in [0.15, 0.2) is 53.3 Å². The summed E-state index contributed by atoms with van der Waals surface area (Å²) in [6, 6.07) is 12.3. The number of aromatic nitrogens is 4. The Kier molecular flexibility index (Phi) is 5.37. The zero-order valence-corrected chi connectivity index (χ0v) is 15.4. The molecule has 2 aromatic carbocycles. The van der Waals surface area contributed by atoms with E-state index in [0.29, 0.717) is 16.9 Å². The molecule has 0 aliphatic heterocycles. The second-order valence-electron chi connectivity index (χ2n) is 5.49. The molecule has 0 aliphatic carbocycles. The number of nitrogens with one attached hydrogen (secondary N) is 2. The third-order valence-corrected chi connectivity index (χ3v) is 4.09. The molecule has 0 atom stereocenters. The summed E-state index contributed by atoms with van der Waals surface area (Å²) in [5.74, 6) is -0.664. The van der Waals surface area contributed by atoms with Crippen molar-refractivity contribution >= 4 is 33.4 Å². The number of halogens is 1. The van der Waals surface area contributed by atoms with Gasteiger partial charge in [0.05, 0.1) is 12.2 Å². The van der Waals surface area contributed by atoms with E-state index in [-0.39, 0.29) is 18.4 Å². The first-order valence-electron chi connectivity index (χ1n) is 7.70. The van der Waals surface area contributed by atoms with Crippen LogP contribution >= 0.6 is 15.9 Å². The van der Waals surface area contributed by atoms with Crippen molar-refractivity contribution in [1.82, 2.24) is 25.5 Å². The number of aryl methyl sites for hydroxylation is 1. The average Bonchev–Trinajstić information content (AvgIpc) is 3.17. The Morgan fingerprint density at radius 3 is 2.77 bits per heavy atom. The largest absolute Gasteiger partial charge is 0.343 e. The molecule has 0 saturated heterocycles. The molecule has 1 heterocycles. The van der Waals surface area contributed by atoms with E-state index < -0.39 is 0 Å². The summed E-state index contributed by atoms with van der Waals surface area (Å²) >= 11 is 3.37. The fraction of sp³-hybridized carbons (Fsp3) is 0.118. The fourth-order valence-corrected chi connectivity index (χ4v) is 2.77. The number of hydrogen-bond acceptors (Lipinski definition) is 5.